The van der Waals surface area contributed by atoms with Crippen molar-refractivity contribution in [3.8, 4) is 0 Å². The van der Waals surface area contributed by atoms with Gasteiger partial charge in [0.25, 0.3) is 0 Å². The highest BCUT2D eigenvalue weighted by molar-refractivity contribution is 4.81. The normalized spacial score (nSPS) is 26.2. The Hall–Kier alpha value is -0.160. The Bertz CT molecular complexity index is 231. The fourth-order valence-electron chi connectivity index (χ4n) is 2.80. The van der Waals surface area contributed by atoms with E-state index in [0.29, 0.717) is 12.6 Å². The highest BCUT2D eigenvalue weighted by Gasteiger charge is 2.24. The maximum atomic E-state index is 10.1. The van der Waals surface area contributed by atoms with Gasteiger partial charge in [0, 0.05) is 32.2 Å². The molecule has 4 heteroatoms. The van der Waals surface area contributed by atoms with Crippen LogP contribution in [-0.4, -0.2) is 65.8 Å². The van der Waals surface area contributed by atoms with Gasteiger partial charge in [-0.15, -0.1) is 0 Å². The molecule has 0 aromatic heterocycles. The monoisotopic (exact) mass is 257 g/mol. The maximum Gasteiger partial charge on any atom is 0.0767 e. The van der Waals surface area contributed by atoms with Gasteiger partial charge in [-0.1, -0.05) is 13.8 Å². The predicted octanol–water partition coefficient (Wildman–Crippen LogP) is 0.892. The van der Waals surface area contributed by atoms with Crippen molar-refractivity contribution in [2.24, 2.45) is 5.73 Å². The van der Waals surface area contributed by atoms with Crippen LogP contribution in [-0.2, 0) is 0 Å². The Morgan fingerprint density at radius 3 is 2.56 bits per heavy atom. The second-order valence-corrected chi connectivity index (χ2v) is 5.66. The zero-order valence-electron chi connectivity index (χ0n) is 12.4. The maximum absolute atomic E-state index is 10.1. The molecule has 0 aromatic carbocycles. The van der Waals surface area contributed by atoms with Crippen LogP contribution in [0.2, 0.25) is 0 Å². The summed E-state index contributed by atoms with van der Waals surface area (Å²) in [5.41, 5.74) is 4.98. The molecule has 1 heterocycles. The molecule has 2 atom stereocenters. The second kappa shape index (κ2) is 7.43. The lowest BCUT2D eigenvalue weighted by atomic mass is 9.94. The van der Waals surface area contributed by atoms with Gasteiger partial charge in [0.15, 0.2) is 0 Å². The van der Waals surface area contributed by atoms with E-state index >= 15 is 0 Å². The lowest BCUT2D eigenvalue weighted by Gasteiger charge is -2.39. The molecule has 2 unspecified atom stereocenters. The molecule has 1 rings (SSSR count). The van der Waals surface area contributed by atoms with Crippen LogP contribution >= 0.6 is 0 Å². The summed E-state index contributed by atoms with van der Waals surface area (Å²) < 4.78 is 0. The molecule has 18 heavy (non-hydrogen) atoms. The van der Waals surface area contributed by atoms with E-state index < -0.39 is 5.60 Å². The molecule has 108 valence electrons. The Morgan fingerprint density at radius 1 is 1.33 bits per heavy atom. The van der Waals surface area contributed by atoms with Crippen molar-refractivity contribution in [2.45, 2.75) is 51.7 Å². The van der Waals surface area contributed by atoms with Gasteiger partial charge in [0.1, 0.15) is 0 Å². The third-order valence-corrected chi connectivity index (χ3v) is 4.41. The lowest BCUT2D eigenvalue weighted by Crippen LogP contribution is -2.51. The number of aliphatic hydroxyl groups is 1. The molecule has 0 aliphatic carbocycles. The summed E-state index contributed by atoms with van der Waals surface area (Å²) in [5, 5.41) is 10.1. The van der Waals surface area contributed by atoms with Gasteiger partial charge in [-0.3, -0.25) is 4.90 Å². The number of rotatable bonds is 7. The molecule has 0 spiro atoms. The molecular formula is C14H31N3O. The largest absolute Gasteiger partial charge is 0.389 e. The molecule has 4 nitrogen and oxygen atoms in total. The molecule has 1 fully saturated rings. The summed E-state index contributed by atoms with van der Waals surface area (Å²) >= 11 is 0. The Morgan fingerprint density at radius 2 is 2.06 bits per heavy atom. The van der Waals surface area contributed by atoms with Gasteiger partial charge >= 0.3 is 0 Å². The van der Waals surface area contributed by atoms with Crippen molar-refractivity contribution in [2.75, 3.05) is 39.3 Å². The quantitative estimate of drug-likeness (QED) is 0.711. The van der Waals surface area contributed by atoms with E-state index in [4.69, 9.17) is 5.73 Å². The van der Waals surface area contributed by atoms with Gasteiger partial charge in [-0.2, -0.15) is 0 Å². The molecular weight excluding hydrogens is 226 g/mol. The number of nitrogens with zero attached hydrogens (tertiary/aromatic N) is 2. The number of piperazine rings is 1. The zero-order chi connectivity index (χ0) is 13.6. The summed E-state index contributed by atoms with van der Waals surface area (Å²) in [7, 11) is 0. The van der Waals surface area contributed by atoms with Gasteiger partial charge in [0.2, 0.25) is 0 Å². The SMILES string of the molecule is CCN1CCN(CCCC(O)(CC)CN)CC1C. The third-order valence-electron chi connectivity index (χ3n) is 4.41. The minimum absolute atomic E-state index is 0.378. The van der Waals surface area contributed by atoms with Crippen LogP contribution in [0.4, 0.5) is 0 Å². The Kier molecular flexibility index (Phi) is 6.57. The van der Waals surface area contributed by atoms with Crippen molar-refractivity contribution in [3.05, 3.63) is 0 Å². The molecule has 1 aliphatic rings. The van der Waals surface area contributed by atoms with Gasteiger partial charge in [-0.05, 0) is 39.3 Å². The summed E-state index contributed by atoms with van der Waals surface area (Å²) in [6.07, 6.45) is 2.62. The summed E-state index contributed by atoms with van der Waals surface area (Å²) in [5.74, 6) is 0. The van der Waals surface area contributed by atoms with Gasteiger partial charge in [-0.25, -0.2) is 0 Å². The molecule has 3 N–H and O–H groups in total. The van der Waals surface area contributed by atoms with Crippen LogP contribution in [0.5, 0.6) is 0 Å². The van der Waals surface area contributed by atoms with Crippen molar-refractivity contribution in [1.82, 2.24) is 9.80 Å². The number of hydrogen-bond acceptors (Lipinski definition) is 4. The van der Waals surface area contributed by atoms with Crippen LogP contribution in [0.15, 0.2) is 0 Å². The molecule has 0 bridgehead atoms. The van der Waals surface area contributed by atoms with E-state index in [-0.39, 0.29) is 0 Å². The molecule has 0 amide bonds. The average molecular weight is 257 g/mol. The average Bonchev–Trinajstić information content (AvgIpc) is 2.39. The predicted molar refractivity (Wildman–Crippen MR) is 76.7 cm³/mol. The Labute approximate surface area is 112 Å². The third kappa shape index (κ3) is 4.50. The molecule has 1 saturated heterocycles. The second-order valence-electron chi connectivity index (χ2n) is 5.66. The van der Waals surface area contributed by atoms with Crippen LogP contribution < -0.4 is 5.73 Å². The zero-order valence-corrected chi connectivity index (χ0v) is 12.4. The highest BCUT2D eigenvalue weighted by Crippen LogP contribution is 2.17. The number of hydrogen-bond donors (Lipinski definition) is 2. The summed E-state index contributed by atoms with van der Waals surface area (Å²) in [4.78, 5) is 5.04. The Balaban J connectivity index is 2.25. The van der Waals surface area contributed by atoms with Crippen LogP contribution in [0.25, 0.3) is 0 Å². The number of nitrogens with two attached hydrogens (primary N) is 1. The lowest BCUT2D eigenvalue weighted by molar-refractivity contribution is 0.0272. The fourth-order valence-corrected chi connectivity index (χ4v) is 2.80. The van der Waals surface area contributed by atoms with Crippen molar-refractivity contribution in [1.29, 1.82) is 0 Å². The summed E-state index contributed by atoms with van der Waals surface area (Å²) in [6, 6.07) is 0.656. The van der Waals surface area contributed by atoms with Crippen LogP contribution in [0, 0.1) is 0 Å². The number of likely N-dealkylation sites (N-methyl/N-ethyl adjacent to an activating group) is 1. The first-order valence-electron chi connectivity index (χ1n) is 7.43. The van der Waals surface area contributed by atoms with E-state index in [1.165, 1.54) is 6.54 Å². The smallest absolute Gasteiger partial charge is 0.0767 e. The van der Waals surface area contributed by atoms with E-state index in [2.05, 4.69) is 23.6 Å². The molecule has 0 saturated carbocycles. The van der Waals surface area contributed by atoms with E-state index in [1.54, 1.807) is 0 Å². The van der Waals surface area contributed by atoms with Crippen LogP contribution in [0.3, 0.4) is 0 Å². The van der Waals surface area contributed by atoms with E-state index in [0.717, 1.165) is 45.4 Å². The highest BCUT2D eigenvalue weighted by atomic mass is 16.3. The van der Waals surface area contributed by atoms with Crippen molar-refractivity contribution in [3.63, 3.8) is 0 Å². The van der Waals surface area contributed by atoms with Crippen LogP contribution in [0.1, 0.15) is 40.0 Å². The fraction of sp³-hybridized carbons (Fsp3) is 1.00. The van der Waals surface area contributed by atoms with E-state index in [9.17, 15) is 5.11 Å². The van der Waals surface area contributed by atoms with Crippen molar-refractivity contribution < 1.29 is 5.11 Å². The first-order chi connectivity index (χ1) is 8.54. The first-order valence-corrected chi connectivity index (χ1v) is 7.43. The van der Waals surface area contributed by atoms with Gasteiger partial charge < -0.3 is 15.7 Å². The van der Waals surface area contributed by atoms with Crippen molar-refractivity contribution >= 4 is 0 Å². The topological polar surface area (TPSA) is 52.7 Å². The standard InChI is InChI=1S/C14H31N3O/c1-4-14(18,12-15)7-6-8-16-9-10-17(5-2)13(3)11-16/h13,18H,4-12,15H2,1-3H3. The van der Waals surface area contributed by atoms with Gasteiger partial charge in [0.05, 0.1) is 5.60 Å². The minimum atomic E-state index is -0.642. The molecule has 0 radical (unpaired) electrons. The van der Waals surface area contributed by atoms with E-state index in [1.807, 2.05) is 6.92 Å². The minimum Gasteiger partial charge on any atom is -0.389 e. The first kappa shape index (κ1) is 15.9. The molecule has 0 aromatic rings. The summed E-state index contributed by atoms with van der Waals surface area (Å²) in [6.45, 7) is 12.6. The molecule has 1 aliphatic heterocycles.